The topological polar surface area (TPSA) is 127 Å². The molecule has 14 heteroatoms. The molecule has 45 heavy (non-hydrogen) atoms. The van der Waals surface area contributed by atoms with Crippen molar-refractivity contribution in [3.05, 3.63) is 41.2 Å². The first-order chi connectivity index (χ1) is 21.5. The van der Waals surface area contributed by atoms with E-state index in [0.29, 0.717) is 56.0 Å². The van der Waals surface area contributed by atoms with E-state index in [1.54, 1.807) is 28.5 Å². The van der Waals surface area contributed by atoms with Gasteiger partial charge in [-0.2, -0.15) is 18.3 Å². The zero-order valence-corrected chi connectivity index (χ0v) is 26.0. The minimum atomic E-state index is -4.31. The quantitative estimate of drug-likeness (QED) is 0.299. The van der Waals surface area contributed by atoms with Gasteiger partial charge in [-0.25, -0.2) is 9.66 Å². The molecule has 2 aromatic heterocycles. The number of anilines is 1. The second-order valence-electron chi connectivity index (χ2n) is 13.3. The van der Waals surface area contributed by atoms with Crippen LogP contribution in [-0.2, 0) is 16.1 Å². The third-order valence-electron chi connectivity index (χ3n) is 9.90. The number of allylic oxidation sites excluding steroid dienone is 2. The fourth-order valence-corrected chi connectivity index (χ4v) is 7.12. The molecule has 2 amide bonds. The zero-order valence-electron chi connectivity index (χ0n) is 26.0. The number of hydrogen-bond acceptors (Lipinski definition) is 7. The first-order valence-corrected chi connectivity index (χ1v) is 16.1. The molecule has 0 spiro atoms. The molecular formula is C31H43F3N8O3. The van der Waals surface area contributed by atoms with E-state index in [4.69, 9.17) is 9.72 Å². The van der Waals surface area contributed by atoms with Crippen molar-refractivity contribution >= 4 is 17.8 Å². The van der Waals surface area contributed by atoms with Crippen LogP contribution in [0.3, 0.4) is 0 Å². The van der Waals surface area contributed by atoms with Crippen molar-refractivity contribution in [1.29, 1.82) is 0 Å². The maximum atomic E-state index is 14.0. The van der Waals surface area contributed by atoms with Crippen LogP contribution in [0.25, 0.3) is 0 Å². The Bertz CT molecular complexity index is 1440. The first-order valence-electron chi connectivity index (χ1n) is 16.1. The molecule has 11 nitrogen and oxygen atoms in total. The summed E-state index contributed by atoms with van der Waals surface area (Å²) in [5.41, 5.74) is 4.36. The molecule has 3 aliphatic heterocycles. The Morgan fingerprint density at radius 1 is 1.27 bits per heavy atom. The van der Waals surface area contributed by atoms with Gasteiger partial charge in [0.1, 0.15) is 5.69 Å². The average molecular weight is 633 g/mol. The Kier molecular flexibility index (Phi) is 8.61. The van der Waals surface area contributed by atoms with Crippen LogP contribution in [0.15, 0.2) is 29.9 Å². The van der Waals surface area contributed by atoms with Gasteiger partial charge < -0.3 is 20.7 Å². The van der Waals surface area contributed by atoms with Crippen molar-refractivity contribution in [3.63, 3.8) is 0 Å². The highest BCUT2D eigenvalue weighted by Gasteiger charge is 2.63. The molecule has 1 saturated carbocycles. The second kappa shape index (κ2) is 12.3. The highest BCUT2D eigenvalue weighted by molar-refractivity contribution is 5.92. The third kappa shape index (κ3) is 6.43. The maximum Gasteiger partial charge on any atom is 0.394 e. The van der Waals surface area contributed by atoms with Gasteiger partial charge >= 0.3 is 6.18 Å². The summed E-state index contributed by atoms with van der Waals surface area (Å²) in [7, 11) is 0. The minimum absolute atomic E-state index is 0.0347. The van der Waals surface area contributed by atoms with E-state index in [-0.39, 0.29) is 37.0 Å². The number of alkyl halides is 3. The predicted molar refractivity (Wildman–Crippen MR) is 160 cm³/mol. The van der Waals surface area contributed by atoms with E-state index in [0.717, 1.165) is 30.7 Å². The number of aryl methyl sites for hydroxylation is 1. The second-order valence-corrected chi connectivity index (χ2v) is 13.3. The third-order valence-corrected chi connectivity index (χ3v) is 9.90. The number of rotatable bonds is 10. The molecule has 0 radical (unpaired) electrons. The number of hydrogen-bond donors (Lipinski definition) is 4. The predicted octanol–water partition coefficient (Wildman–Crippen LogP) is 4.71. The molecule has 6 rings (SSSR count). The van der Waals surface area contributed by atoms with Gasteiger partial charge in [0.05, 0.1) is 29.0 Å². The molecule has 0 unspecified atom stereocenters. The number of piperidine rings is 1. The molecule has 0 bridgehead atoms. The van der Waals surface area contributed by atoms with Crippen molar-refractivity contribution in [2.24, 2.45) is 29.1 Å². The molecule has 5 heterocycles. The zero-order chi connectivity index (χ0) is 31.9. The number of fused-ring (bicyclic) bond motifs is 1. The van der Waals surface area contributed by atoms with E-state index >= 15 is 0 Å². The molecule has 1 aliphatic carbocycles. The smallest absolute Gasteiger partial charge is 0.381 e. The van der Waals surface area contributed by atoms with E-state index in [1.165, 1.54) is 6.20 Å². The summed E-state index contributed by atoms with van der Waals surface area (Å²) >= 11 is 0. The molecule has 0 aromatic carbocycles. The van der Waals surface area contributed by atoms with E-state index < -0.39 is 29.5 Å². The van der Waals surface area contributed by atoms with Crippen LogP contribution in [0.5, 0.6) is 0 Å². The lowest BCUT2D eigenvalue weighted by molar-refractivity contribution is -0.192. The lowest BCUT2D eigenvalue weighted by atomic mass is 9.85. The maximum absolute atomic E-state index is 14.0. The van der Waals surface area contributed by atoms with Crippen LogP contribution in [0, 0.1) is 29.1 Å². The Hall–Kier alpha value is -3.55. The number of nitrogens with zero attached hydrogens (tertiary/aromatic N) is 4. The van der Waals surface area contributed by atoms with E-state index in [9.17, 15) is 22.8 Å². The average Bonchev–Trinajstić information content (AvgIpc) is 3.46. The van der Waals surface area contributed by atoms with Gasteiger partial charge in [0, 0.05) is 56.5 Å². The Balaban J connectivity index is 1.30. The fraction of sp³-hybridized carbons (Fsp3) is 0.677. The van der Waals surface area contributed by atoms with Crippen LogP contribution < -0.4 is 21.4 Å². The molecule has 4 N–H and O–H groups in total. The van der Waals surface area contributed by atoms with Crippen molar-refractivity contribution in [2.45, 2.75) is 84.5 Å². The summed E-state index contributed by atoms with van der Waals surface area (Å²) in [6, 6.07) is 0.803. The van der Waals surface area contributed by atoms with Gasteiger partial charge in [0.2, 0.25) is 11.9 Å². The summed E-state index contributed by atoms with van der Waals surface area (Å²) in [5, 5.41) is 13.7. The molecule has 4 aliphatic rings. The number of halogens is 3. The number of nitrogens with one attached hydrogen (secondary N) is 4. The summed E-state index contributed by atoms with van der Waals surface area (Å²) in [6.07, 6.45) is 1.92. The lowest BCUT2D eigenvalue weighted by Crippen LogP contribution is -2.42. The Morgan fingerprint density at radius 2 is 2.02 bits per heavy atom. The molecule has 3 fully saturated rings. The summed E-state index contributed by atoms with van der Waals surface area (Å²) in [4.78, 5) is 31.1. The van der Waals surface area contributed by atoms with Crippen LogP contribution in [-0.4, -0.2) is 57.2 Å². The molecule has 4 atom stereocenters. The van der Waals surface area contributed by atoms with Gasteiger partial charge in [-0.15, -0.1) is 0 Å². The highest BCUT2D eigenvalue weighted by atomic mass is 19.4. The van der Waals surface area contributed by atoms with Gasteiger partial charge in [-0.3, -0.25) is 19.7 Å². The van der Waals surface area contributed by atoms with Gasteiger partial charge in [0.25, 0.3) is 5.91 Å². The molecule has 2 aromatic rings. The first kappa shape index (κ1) is 31.4. The summed E-state index contributed by atoms with van der Waals surface area (Å²) < 4.78 is 50.9. The van der Waals surface area contributed by atoms with Gasteiger partial charge in [-0.05, 0) is 63.4 Å². The van der Waals surface area contributed by atoms with Crippen LogP contribution in [0.2, 0.25) is 0 Å². The minimum Gasteiger partial charge on any atom is -0.381 e. The van der Waals surface area contributed by atoms with Crippen molar-refractivity contribution in [1.82, 2.24) is 30.1 Å². The molecular weight excluding hydrogens is 589 g/mol. The lowest BCUT2D eigenvalue weighted by Gasteiger charge is -2.34. The fourth-order valence-electron chi connectivity index (χ4n) is 7.12. The SMILES string of the molecule is CCn1nccc1C(=O)N[C@H](c1cn2c(n1)NC(C1CCOCC1)=C(C[C@H]1C[C@H](C)CNC1=O)N2)[C@H](C)CC1(C(F)(F)F)CC1. The summed E-state index contributed by atoms with van der Waals surface area (Å²) in [5.74, 6) is -0.120. The Labute approximate surface area is 260 Å². The summed E-state index contributed by atoms with van der Waals surface area (Å²) in [6.45, 7) is 8.13. The number of imidazole rings is 1. The van der Waals surface area contributed by atoms with Crippen molar-refractivity contribution < 1.29 is 27.5 Å². The van der Waals surface area contributed by atoms with Crippen molar-refractivity contribution in [2.75, 3.05) is 30.5 Å². The number of ether oxygens (including phenoxy) is 1. The largest absolute Gasteiger partial charge is 0.394 e. The number of carbonyl (C=O) groups is 2. The number of carbonyl (C=O) groups excluding carboxylic acids is 2. The number of aromatic nitrogens is 4. The number of amides is 2. The van der Waals surface area contributed by atoms with Gasteiger partial charge in [-0.1, -0.05) is 13.8 Å². The van der Waals surface area contributed by atoms with Crippen LogP contribution >= 0.6 is 0 Å². The molecule has 2 saturated heterocycles. The normalized spacial score (nSPS) is 24.6. The Morgan fingerprint density at radius 3 is 2.71 bits per heavy atom. The van der Waals surface area contributed by atoms with Gasteiger partial charge in [0.15, 0.2) is 0 Å². The van der Waals surface area contributed by atoms with Crippen molar-refractivity contribution in [3.8, 4) is 0 Å². The van der Waals surface area contributed by atoms with E-state index in [2.05, 4.69) is 33.4 Å². The standard InChI is InChI=1S/C31H43F3N8O3/c1-4-41-24(5-10-36-41)28(44)38-25(19(3)15-30(8-9-30)31(32,33)34)23-17-42-29(37-23)39-26(20-6-11-45-12-7-20)22(40-42)14-21-13-18(2)16-35-27(21)43/h5,10,17-21,25,40H,4,6-9,11-16H2,1-3H3,(H,35,43)(H,37,39)(H,38,44)/t18-,19+,21+,25-/m0/s1. The highest BCUT2D eigenvalue weighted by Crippen LogP contribution is 2.62. The monoisotopic (exact) mass is 632 g/mol. The van der Waals surface area contributed by atoms with Crippen LogP contribution in [0.1, 0.15) is 87.9 Å². The molecule has 246 valence electrons. The van der Waals surface area contributed by atoms with Crippen LogP contribution in [0.4, 0.5) is 19.1 Å². The van der Waals surface area contributed by atoms with E-state index in [1.807, 2.05) is 6.92 Å².